The number of hydrogen-bond donors (Lipinski definition) is 0. The molecule has 0 aromatic carbocycles. The van der Waals surface area contributed by atoms with Gasteiger partial charge in [0.25, 0.3) is 0 Å². The van der Waals surface area contributed by atoms with Gasteiger partial charge in [-0.05, 0) is 65.2 Å². The highest BCUT2D eigenvalue weighted by Crippen LogP contribution is 2.33. The summed E-state index contributed by atoms with van der Waals surface area (Å²) in [6.07, 6.45) is 11.9. The van der Waals surface area contributed by atoms with Gasteiger partial charge in [-0.15, -0.1) is 0 Å². The fraction of sp³-hybridized carbons (Fsp3) is 1.00. The summed E-state index contributed by atoms with van der Waals surface area (Å²) >= 11 is 0. The molecule has 0 radical (unpaired) electrons. The molecule has 2 nitrogen and oxygen atoms in total. The van der Waals surface area contributed by atoms with Gasteiger partial charge < -0.3 is 8.97 Å². The van der Waals surface area contributed by atoms with Crippen LogP contribution in [0.5, 0.6) is 0 Å². The van der Waals surface area contributed by atoms with Crippen LogP contribution in [-0.2, 0) is 0 Å². The summed E-state index contributed by atoms with van der Waals surface area (Å²) in [7, 11) is 0. The Morgan fingerprint density at radius 2 is 0.900 bits per heavy atom. The maximum absolute atomic E-state index is 2.55. The van der Waals surface area contributed by atoms with Gasteiger partial charge in [0.2, 0.25) is 0 Å². The minimum atomic E-state index is 0.931. The highest BCUT2D eigenvalue weighted by Gasteiger charge is 2.47. The number of hydrogen-bond acceptors (Lipinski definition) is 0. The zero-order valence-electron chi connectivity index (χ0n) is 13.9. The van der Waals surface area contributed by atoms with Crippen LogP contribution in [0, 0.1) is 0 Å². The summed E-state index contributed by atoms with van der Waals surface area (Å²) in [4.78, 5) is 0. The van der Waals surface area contributed by atoms with Crippen molar-refractivity contribution >= 4 is 0 Å². The van der Waals surface area contributed by atoms with Crippen LogP contribution in [0.25, 0.3) is 0 Å². The first-order valence-electron chi connectivity index (χ1n) is 9.38. The quantitative estimate of drug-likeness (QED) is 0.595. The van der Waals surface area contributed by atoms with Crippen LogP contribution in [0.15, 0.2) is 0 Å². The first kappa shape index (κ1) is 14.8. The minimum absolute atomic E-state index is 0.931. The van der Waals surface area contributed by atoms with Gasteiger partial charge in [-0.3, -0.25) is 0 Å². The van der Waals surface area contributed by atoms with Gasteiger partial charge >= 0.3 is 0 Å². The molecule has 3 fully saturated rings. The largest absolute Gasteiger partial charge is 0.312 e. The number of piperazine rings is 1. The highest BCUT2D eigenvalue weighted by molar-refractivity contribution is 4.69. The lowest BCUT2D eigenvalue weighted by Gasteiger charge is -2.53. The molecule has 3 saturated heterocycles. The van der Waals surface area contributed by atoms with Crippen molar-refractivity contribution in [2.24, 2.45) is 0 Å². The Balaban J connectivity index is 1.71. The Kier molecular flexibility index (Phi) is 4.42. The fourth-order valence-electron chi connectivity index (χ4n) is 5.42. The van der Waals surface area contributed by atoms with Gasteiger partial charge in [-0.1, -0.05) is 0 Å². The van der Waals surface area contributed by atoms with Crippen LogP contribution < -0.4 is 0 Å². The van der Waals surface area contributed by atoms with Crippen LogP contribution in [0.2, 0.25) is 0 Å². The van der Waals surface area contributed by atoms with Crippen molar-refractivity contribution in [3.63, 3.8) is 0 Å². The highest BCUT2D eigenvalue weighted by atomic mass is 15.5. The standard InChI is InChI=1S/C18H36N2/c1-17-9-5-3-7-11-19(17)13-15-20(16-14-19)12-8-4-6-10-18(20)2/h17-18H,3-16H2,1-2H3/q+2/t17-,18+,19?,20?. The van der Waals surface area contributed by atoms with Crippen LogP contribution in [0.4, 0.5) is 0 Å². The second kappa shape index (κ2) is 5.96. The molecule has 0 amide bonds. The number of quaternary nitrogens is 2. The van der Waals surface area contributed by atoms with Crippen molar-refractivity contribution < 1.29 is 8.97 Å². The second-order valence-electron chi connectivity index (χ2n) is 8.18. The summed E-state index contributed by atoms with van der Waals surface area (Å²) in [6, 6.07) is 1.86. The van der Waals surface area contributed by atoms with E-state index in [2.05, 4.69) is 13.8 Å². The van der Waals surface area contributed by atoms with Gasteiger partial charge in [-0.2, -0.15) is 0 Å². The topological polar surface area (TPSA) is 0 Å². The van der Waals surface area contributed by atoms with Gasteiger partial charge in [0.05, 0.1) is 25.2 Å². The summed E-state index contributed by atoms with van der Waals surface area (Å²) < 4.78 is 2.96. The Morgan fingerprint density at radius 1 is 0.500 bits per heavy atom. The monoisotopic (exact) mass is 280 g/mol. The van der Waals surface area contributed by atoms with E-state index < -0.39 is 0 Å². The molecule has 0 aromatic rings. The molecular weight excluding hydrogens is 244 g/mol. The van der Waals surface area contributed by atoms with E-state index in [9.17, 15) is 0 Å². The molecule has 0 unspecified atom stereocenters. The molecular formula is C18H36N2+2. The second-order valence-corrected chi connectivity index (χ2v) is 8.18. The lowest BCUT2D eigenvalue weighted by atomic mass is 10.0. The maximum atomic E-state index is 2.55. The van der Waals surface area contributed by atoms with Crippen LogP contribution >= 0.6 is 0 Å². The molecule has 2 spiro atoms. The summed E-state index contributed by atoms with van der Waals surface area (Å²) in [6.45, 7) is 14.0. The van der Waals surface area contributed by atoms with E-state index in [0.29, 0.717) is 0 Å². The van der Waals surface area contributed by atoms with Crippen molar-refractivity contribution in [1.82, 2.24) is 0 Å². The molecule has 0 aliphatic carbocycles. The molecule has 3 heterocycles. The molecule has 116 valence electrons. The molecule has 20 heavy (non-hydrogen) atoms. The molecule has 0 saturated carbocycles. The van der Waals surface area contributed by atoms with Crippen molar-refractivity contribution in [1.29, 1.82) is 0 Å². The van der Waals surface area contributed by atoms with Crippen molar-refractivity contribution in [3.8, 4) is 0 Å². The Bertz CT molecular complexity index is 285. The predicted molar refractivity (Wildman–Crippen MR) is 85.6 cm³/mol. The average Bonchev–Trinajstić information content (AvgIpc) is 2.74. The van der Waals surface area contributed by atoms with E-state index in [1.54, 1.807) is 0 Å². The smallest absolute Gasteiger partial charge is 0.129 e. The van der Waals surface area contributed by atoms with Crippen LogP contribution in [0.1, 0.15) is 65.2 Å². The number of rotatable bonds is 0. The van der Waals surface area contributed by atoms with Crippen molar-refractivity contribution in [2.75, 3.05) is 39.3 Å². The van der Waals surface area contributed by atoms with Gasteiger partial charge in [0.1, 0.15) is 26.2 Å². The normalized spacial score (nSPS) is 47.1. The molecule has 3 aliphatic rings. The van der Waals surface area contributed by atoms with E-state index in [4.69, 9.17) is 0 Å². The maximum Gasteiger partial charge on any atom is 0.129 e. The lowest BCUT2D eigenvalue weighted by Crippen LogP contribution is -2.71. The van der Waals surface area contributed by atoms with Gasteiger partial charge in [-0.25, -0.2) is 0 Å². The average molecular weight is 280 g/mol. The molecule has 0 aromatic heterocycles. The summed E-state index contributed by atoms with van der Waals surface area (Å²) in [5.74, 6) is 0. The van der Waals surface area contributed by atoms with E-state index in [1.807, 2.05) is 0 Å². The summed E-state index contributed by atoms with van der Waals surface area (Å²) in [5, 5.41) is 0. The SMILES string of the molecule is C[C@@H]1CCCCC[N+]12CC[N+]1(CCCCC[C@@H]1C)CC2. The third kappa shape index (κ3) is 2.66. The van der Waals surface area contributed by atoms with Crippen LogP contribution in [-0.4, -0.2) is 60.3 Å². The Hall–Kier alpha value is -0.0800. The van der Waals surface area contributed by atoms with Gasteiger partial charge in [0, 0.05) is 0 Å². The van der Waals surface area contributed by atoms with Gasteiger partial charge in [0.15, 0.2) is 0 Å². The molecule has 3 rings (SSSR count). The van der Waals surface area contributed by atoms with E-state index >= 15 is 0 Å². The minimum Gasteiger partial charge on any atom is -0.312 e. The molecule has 3 aliphatic heterocycles. The molecule has 2 heteroatoms. The van der Waals surface area contributed by atoms with E-state index in [0.717, 1.165) is 12.1 Å². The third-order valence-electron chi connectivity index (χ3n) is 7.30. The molecule has 0 bridgehead atoms. The molecule has 2 atom stereocenters. The van der Waals surface area contributed by atoms with E-state index in [1.165, 1.54) is 99.6 Å². The Labute approximate surface area is 126 Å². The fourth-order valence-corrected chi connectivity index (χ4v) is 5.42. The van der Waals surface area contributed by atoms with Crippen molar-refractivity contribution in [3.05, 3.63) is 0 Å². The zero-order chi connectivity index (χ0) is 14.1. The Morgan fingerprint density at radius 3 is 1.30 bits per heavy atom. The first-order valence-corrected chi connectivity index (χ1v) is 9.38. The molecule has 0 N–H and O–H groups in total. The number of nitrogens with zero attached hydrogens (tertiary/aromatic N) is 2. The first-order chi connectivity index (χ1) is 9.67. The lowest BCUT2D eigenvalue weighted by molar-refractivity contribution is -1.05. The van der Waals surface area contributed by atoms with E-state index in [-0.39, 0.29) is 0 Å². The van der Waals surface area contributed by atoms with Crippen LogP contribution in [0.3, 0.4) is 0 Å². The summed E-state index contributed by atoms with van der Waals surface area (Å²) in [5.41, 5.74) is 0. The zero-order valence-corrected chi connectivity index (χ0v) is 13.9. The third-order valence-corrected chi connectivity index (χ3v) is 7.30. The van der Waals surface area contributed by atoms with Crippen molar-refractivity contribution in [2.45, 2.75) is 77.3 Å². The predicted octanol–water partition coefficient (Wildman–Crippen LogP) is 3.56.